The summed E-state index contributed by atoms with van der Waals surface area (Å²) in [4.78, 5) is 12.4. The molecule has 0 unspecified atom stereocenters. The quantitative estimate of drug-likeness (QED) is 0.597. The highest BCUT2D eigenvalue weighted by molar-refractivity contribution is 7.86. The first-order chi connectivity index (χ1) is 10.9. The molecule has 0 saturated carbocycles. The molecular formula is C15H16ClNO4S2. The van der Waals surface area contributed by atoms with Crippen LogP contribution in [-0.4, -0.2) is 27.5 Å². The summed E-state index contributed by atoms with van der Waals surface area (Å²) in [6.07, 6.45) is 0.385. The molecule has 2 rings (SSSR count). The highest BCUT2D eigenvalue weighted by Gasteiger charge is 2.14. The fourth-order valence-corrected chi connectivity index (χ4v) is 3.64. The molecule has 124 valence electrons. The van der Waals surface area contributed by atoms with Crippen LogP contribution in [-0.2, 0) is 14.3 Å². The van der Waals surface area contributed by atoms with Gasteiger partial charge in [0.25, 0.3) is 16.0 Å². The van der Waals surface area contributed by atoms with E-state index in [0.717, 1.165) is 5.56 Å². The Bertz CT molecular complexity index is 769. The third kappa shape index (κ3) is 5.31. The first-order valence-corrected chi connectivity index (χ1v) is 9.48. The summed E-state index contributed by atoms with van der Waals surface area (Å²) in [7, 11) is -3.75. The summed E-state index contributed by atoms with van der Waals surface area (Å²) >= 11 is 6.95. The van der Waals surface area contributed by atoms with Crippen LogP contribution in [0.5, 0.6) is 0 Å². The van der Waals surface area contributed by atoms with Gasteiger partial charge >= 0.3 is 0 Å². The molecule has 1 heterocycles. The lowest BCUT2D eigenvalue weighted by Crippen LogP contribution is -2.24. The minimum absolute atomic E-state index is 0.00167. The van der Waals surface area contributed by atoms with Crippen LogP contribution >= 0.6 is 22.9 Å². The van der Waals surface area contributed by atoms with Crippen molar-refractivity contribution in [3.05, 3.63) is 51.2 Å². The number of hydrogen-bond acceptors (Lipinski definition) is 5. The van der Waals surface area contributed by atoms with E-state index in [-0.39, 0.29) is 17.4 Å². The van der Waals surface area contributed by atoms with E-state index in [1.807, 2.05) is 6.92 Å². The molecular weight excluding hydrogens is 358 g/mol. The number of hydrogen-bond donors (Lipinski definition) is 1. The van der Waals surface area contributed by atoms with Crippen LogP contribution in [0.2, 0.25) is 4.34 Å². The number of thiophene rings is 1. The van der Waals surface area contributed by atoms with Crippen LogP contribution in [0.3, 0.4) is 0 Å². The standard InChI is InChI=1S/C15H16ClNO4S2/c1-11-3-5-12(6-4-11)23(19,20)21-10-2-9-17-15(18)13-7-8-14(16)22-13/h3-8H,2,9-10H2,1H3,(H,17,18). The SMILES string of the molecule is Cc1ccc(S(=O)(=O)OCCCNC(=O)c2ccc(Cl)s2)cc1. The molecule has 1 amide bonds. The minimum Gasteiger partial charge on any atom is -0.351 e. The van der Waals surface area contributed by atoms with Crippen molar-refractivity contribution in [2.24, 2.45) is 0 Å². The molecule has 2 aromatic rings. The maximum atomic E-state index is 11.9. The largest absolute Gasteiger partial charge is 0.351 e. The van der Waals surface area contributed by atoms with Crippen molar-refractivity contribution in [1.82, 2.24) is 5.32 Å². The van der Waals surface area contributed by atoms with E-state index in [4.69, 9.17) is 15.8 Å². The third-order valence-corrected chi connectivity index (χ3v) is 5.51. The van der Waals surface area contributed by atoms with E-state index >= 15 is 0 Å². The monoisotopic (exact) mass is 373 g/mol. The summed E-state index contributed by atoms with van der Waals surface area (Å²) in [6.45, 7) is 2.19. The van der Waals surface area contributed by atoms with Crippen LogP contribution < -0.4 is 5.32 Å². The average molecular weight is 374 g/mol. The summed E-state index contributed by atoms with van der Waals surface area (Å²) in [5.74, 6) is -0.233. The van der Waals surface area contributed by atoms with Crippen molar-refractivity contribution in [2.75, 3.05) is 13.2 Å². The lowest BCUT2D eigenvalue weighted by molar-refractivity contribution is 0.0956. The van der Waals surface area contributed by atoms with Gasteiger partial charge in [-0.3, -0.25) is 8.98 Å². The van der Waals surface area contributed by atoms with Crippen molar-refractivity contribution in [3.63, 3.8) is 0 Å². The normalized spacial score (nSPS) is 11.4. The zero-order valence-corrected chi connectivity index (χ0v) is 14.8. The Hall–Kier alpha value is -1.41. The predicted molar refractivity (Wildman–Crippen MR) is 90.6 cm³/mol. The molecule has 1 aromatic heterocycles. The zero-order chi connectivity index (χ0) is 16.9. The van der Waals surface area contributed by atoms with Gasteiger partial charge in [-0.1, -0.05) is 29.3 Å². The highest BCUT2D eigenvalue weighted by atomic mass is 35.5. The molecule has 8 heteroatoms. The van der Waals surface area contributed by atoms with E-state index in [0.29, 0.717) is 22.2 Å². The maximum Gasteiger partial charge on any atom is 0.296 e. The highest BCUT2D eigenvalue weighted by Crippen LogP contribution is 2.21. The number of amides is 1. The molecule has 0 aliphatic heterocycles. The van der Waals surface area contributed by atoms with E-state index in [1.165, 1.54) is 23.5 Å². The molecule has 23 heavy (non-hydrogen) atoms. The molecule has 0 aliphatic rings. The van der Waals surface area contributed by atoms with Gasteiger partial charge in [0.2, 0.25) is 0 Å². The van der Waals surface area contributed by atoms with E-state index in [9.17, 15) is 13.2 Å². The van der Waals surface area contributed by atoms with Crippen molar-refractivity contribution >= 4 is 39.0 Å². The third-order valence-electron chi connectivity index (χ3n) is 2.95. The van der Waals surface area contributed by atoms with Crippen molar-refractivity contribution in [3.8, 4) is 0 Å². The van der Waals surface area contributed by atoms with Gasteiger partial charge < -0.3 is 5.32 Å². The Morgan fingerprint density at radius 1 is 1.22 bits per heavy atom. The van der Waals surface area contributed by atoms with Crippen molar-refractivity contribution < 1.29 is 17.4 Å². The molecule has 5 nitrogen and oxygen atoms in total. The molecule has 1 N–H and O–H groups in total. The number of halogens is 1. The van der Waals surface area contributed by atoms with E-state index in [2.05, 4.69) is 5.32 Å². The van der Waals surface area contributed by atoms with Crippen LogP contribution in [0, 0.1) is 6.92 Å². The fraction of sp³-hybridized carbons (Fsp3) is 0.267. The van der Waals surface area contributed by atoms with Gasteiger partial charge in [0.1, 0.15) is 0 Å². The van der Waals surface area contributed by atoms with Gasteiger partial charge in [-0.2, -0.15) is 8.42 Å². The molecule has 0 atom stereocenters. The Labute approximate surface area is 144 Å². The van der Waals surface area contributed by atoms with Gasteiger partial charge in [-0.05, 0) is 37.6 Å². The molecule has 0 aliphatic carbocycles. The summed E-state index contributed by atoms with van der Waals surface area (Å²) in [5, 5.41) is 2.68. The van der Waals surface area contributed by atoms with Crippen LogP contribution in [0.15, 0.2) is 41.3 Å². The number of aryl methyl sites for hydroxylation is 1. The summed E-state index contributed by atoms with van der Waals surface area (Å²) < 4.78 is 29.4. The van der Waals surface area contributed by atoms with Gasteiger partial charge in [0, 0.05) is 6.54 Å². The second kappa shape index (κ2) is 7.92. The number of nitrogens with one attached hydrogen (secondary N) is 1. The van der Waals surface area contributed by atoms with Crippen LogP contribution in [0.25, 0.3) is 0 Å². The Balaban J connectivity index is 1.74. The maximum absolute atomic E-state index is 11.9. The van der Waals surface area contributed by atoms with E-state index in [1.54, 1.807) is 24.3 Å². The zero-order valence-electron chi connectivity index (χ0n) is 12.4. The first-order valence-electron chi connectivity index (χ1n) is 6.88. The van der Waals surface area contributed by atoms with Gasteiger partial charge in [-0.25, -0.2) is 0 Å². The van der Waals surface area contributed by atoms with Crippen LogP contribution in [0.1, 0.15) is 21.7 Å². The number of carbonyl (C=O) groups is 1. The number of carbonyl (C=O) groups excluding carboxylic acids is 1. The minimum atomic E-state index is -3.75. The Kier molecular flexibility index (Phi) is 6.17. The van der Waals surface area contributed by atoms with E-state index < -0.39 is 10.1 Å². The van der Waals surface area contributed by atoms with Gasteiger partial charge in [-0.15, -0.1) is 11.3 Å². The lowest BCUT2D eigenvalue weighted by Gasteiger charge is -2.06. The van der Waals surface area contributed by atoms with Crippen LogP contribution in [0.4, 0.5) is 0 Å². The molecule has 1 aromatic carbocycles. The molecule has 0 fully saturated rings. The van der Waals surface area contributed by atoms with Crippen molar-refractivity contribution in [2.45, 2.75) is 18.2 Å². The number of rotatable bonds is 7. The van der Waals surface area contributed by atoms with Gasteiger partial charge in [0.15, 0.2) is 0 Å². The molecule has 0 bridgehead atoms. The predicted octanol–water partition coefficient (Wildman–Crippen LogP) is 3.24. The molecule has 0 spiro atoms. The van der Waals surface area contributed by atoms with Gasteiger partial charge in [0.05, 0.1) is 20.7 Å². The number of benzene rings is 1. The topological polar surface area (TPSA) is 72.5 Å². The molecule has 0 radical (unpaired) electrons. The second-order valence-electron chi connectivity index (χ2n) is 4.80. The average Bonchev–Trinajstić information content (AvgIpc) is 2.94. The molecule has 0 saturated heterocycles. The smallest absolute Gasteiger partial charge is 0.296 e. The Morgan fingerprint density at radius 3 is 2.52 bits per heavy atom. The fourth-order valence-electron chi connectivity index (χ4n) is 1.74. The second-order valence-corrected chi connectivity index (χ2v) is 8.13. The summed E-state index contributed by atoms with van der Waals surface area (Å²) in [5.41, 5.74) is 0.973. The summed E-state index contributed by atoms with van der Waals surface area (Å²) in [6, 6.07) is 9.73. The lowest BCUT2D eigenvalue weighted by atomic mass is 10.2. The Morgan fingerprint density at radius 2 is 1.91 bits per heavy atom. The van der Waals surface area contributed by atoms with Crippen molar-refractivity contribution in [1.29, 1.82) is 0 Å². The first kappa shape index (κ1) is 17.9.